The number of carbonyl (C=O) groups is 1. The summed E-state index contributed by atoms with van der Waals surface area (Å²) in [5, 5.41) is 4.43. The summed E-state index contributed by atoms with van der Waals surface area (Å²) < 4.78 is 68.4. The molecule has 0 atom stereocenters. The highest BCUT2D eigenvalue weighted by Gasteiger charge is 2.32. The molecule has 162 valence electrons. The van der Waals surface area contributed by atoms with Gasteiger partial charge in [-0.05, 0) is 18.2 Å². The maximum Gasteiger partial charge on any atom is 0.416 e. The molecule has 3 aromatic rings. The molecule has 1 amide bonds. The molecule has 1 aromatic carbocycles. The van der Waals surface area contributed by atoms with Gasteiger partial charge in [0.15, 0.2) is 0 Å². The van der Waals surface area contributed by atoms with Gasteiger partial charge >= 0.3 is 6.18 Å². The minimum absolute atomic E-state index is 0.00908. The summed E-state index contributed by atoms with van der Waals surface area (Å²) in [4.78, 5) is 17.5. The molecule has 0 radical (unpaired) electrons. The first kappa shape index (κ1) is 21.0. The Labute approximate surface area is 174 Å². The topological polar surface area (TPSA) is 51.0 Å². The second-order valence-corrected chi connectivity index (χ2v) is 7.29. The number of fused-ring (bicyclic) bond motifs is 1. The maximum absolute atomic E-state index is 14.2. The van der Waals surface area contributed by atoms with E-state index in [1.807, 2.05) is 0 Å². The Bertz CT molecular complexity index is 1160. The number of carbonyl (C=O) groups excluding carboxylic acids is 1. The van der Waals surface area contributed by atoms with Gasteiger partial charge in [-0.25, -0.2) is 8.78 Å². The minimum atomic E-state index is -4.55. The highest BCUT2D eigenvalue weighted by atomic mass is 19.4. The minimum Gasteiger partial charge on any atom is -0.338 e. The van der Waals surface area contributed by atoms with Gasteiger partial charge in [0, 0.05) is 55.5 Å². The van der Waals surface area contributed by atoms with Crippen LogP contribution in [0.3, 0.4) is 0 Å². The van der Waals surface area contributed by atoms with Crippen LogP contribution in [0.15, 0.2) is 36.5 Å². The van der Waals surface area contributed by atoms with Crippen LogP contribution in [-0.2, 0) is 30.5 Å². The van der Waals surface area contributed by atoms with Crippen molar-refractivity contribution in [3.8, 4) is 11.4 Å². The lowest BCUT2D eigenvalue weighted by molar-refractivity contribution is -0.137. The Morgan fingerprint density at radius 2 is 1.94 bits per heavy atom. The molecule has 0 aliphatic carbocycles. The third-order valence-corrected chi connectivity index (χ3v) is 5.24. The molecule has 2 aromatic heterocycles. The number of alkyl halides is 3. The third kappa shape index (κ3) is 4.14. The summed E-state index contributed by atoms with van der Waals surface area (Å²) >= 11 is 0. The zero-order valence-electron chi connectivity index (χ0n) is 16.4. The number of aromatic nitrogens is 3. The fourth-order valence-electron chi connectivity index (χ4n) is 3.64. The normalized spacial score (nSPS) is 13.9. The molecule has 1 aliphatic rings. The smallest absolute Gasteiger partial charge is 0.338 e. The van der Waals surface area contributed by atoms with Crippen molar-refractivity contribution in [2.45, 2.75) is 32.6 Å². The van der Waals surface area contributed by atoms with Gasteiger partial charge in [-0.1, -0.05) is 6.07 Å². The van der Waals surface area contributed by atoms with Crippen molar-refractivity contribution in [3.05, 3.63) is 70.5 Å². The summed E-state index contributed by atoms with van der Waals surface area (Å²) in [6, 6.07) is 4.95. The van der Waals surface area contributed by atoms with Crippen molar-refractivity contribution >= 4 is 5.91 Å². The number of nitrogens with zero attached hydrogens (tertiary/aromatic N) is 4. The van der Waals surface area contributed by atoms with E-state index in [0.717, 1.165) is 30.5 Å². The van der Waals surface area contributed by atoms with E-state index in [-0.39, 0.29) is 35.9 Å². The molecule has 0 saturated carbocycles. The molecule has 31 heavy (non-hydrogen) atoms. The van der Waals surface area contributed by atoms with Crippen LogP contribution < -0.4 is 0 Å². The Hall–Kier alpha value is -3.30. The van der Waals surface area contributed by atoms with Gasteiger partial charge in [-0.3, -0.25) is 14.5 Å². The molecule has 0 saturated heterocycles. The van der Waals surface area contributed by atoms with E-state index in [0.29, 0.717) is 24.2 Å². The van der Waals surface area contributed by atoms with Crippen LogP contribution in [-0.4, -0.2) is 32.1 Å². The van der Waals surface area contributed by atoms with Crippen LogP contribution in [0.2, 0.25) is 0 Å². The second-order valence-electron chi connectivity index (χ2n) is 7.29. The van der Waals surface area contributed by atoms with Crippen LogP contribution in [0.4, 0.5) is 22.0 Å². The quantitative estimate of drug-likeness (QED) is 0.579. The van der Waals surface area contributed by atoms with E-state index in [9.17, 15) is 26.7 Å². The van der Waals surface area contributed by atoms with Crippen LogP contribution in [0.1, 0.15) is 29.3 Å². The molecule has 0 unspecified atom stereocenters. The van der Waals surface area contributed by atoms with Crippen molar-refractivity contribution in [2.24, 2.45) is 0 Å². The van der Waals surface area contributed by atoms with E-state index in [4.69, 9.17) is 0 Å². The molecule has 0 bridgehead atoms. The highest BCUT2D eigenvalue weighted by molar-refractivity contribution is 5.74. The molecule has 1 aliphatic heterocycles. The first-order chi connectivity index (χ1) is 14.6. The number of pyridine rings is 1. The lowest BCUT2D eigenvalue weighted by Gasteiger charge is -2.27. The highest BCUT2D eigenvalue weighted by Crippen LogP contribution is 2.34. The molecule has 3 heterocycles. The van der Waals surface area contributed by atoms with E-state index < -0.39 is 23.4 Å². The van der Waals surface area contributed by atoms with Crippen LogP contribution in [0.25, 0.3) is 11.4 Å². The van der Waals surface area contributed by atoms with Gasteiger partial charge in [0.2, 0.25) is 5.91 Å². The van der Waals surface area contributed by atoms with Crippen LogP contribution in [0, 0.1) is 11.6 Å². The van der Waals surface area contributed by atoms with Crippen molar-refractivity contribution in [1.82, 2.24) is 19.7 Å². The molecular weight excluding hydrogens is 419 g/mol. The van der Waals surface area contributed by atoms with Crippen LogP contribution in [0.5, 0.6) is 0 Å². The zero-order valence-corrected chi connectivity index (χ0v) is 16.4. The van der Waals surface area contributed by atoms with Crippen LogP contribution >= 0.6 is 0 Å². The first-order valence-corrected chi connectivity index (χ1v) is 9.45. The van der Waals surface area contributed by atoms with Gasteiger partial charge in [0.25, 0.3) is 0 Å². The summed E-state index contributed by atoms with van der Waals surface area (Å²) in [7, 11) is 0. The fraction of sp³-hybridized carbons (Fsp3) is 0.286. The SMILES string of the molecule is CC(=O)N1CCc2c(c(-c3cc(C(F)(F)F)ccn3)nn2Cc2ccc(F)cc2F)C1. The van der Waals surface area contributed by atoms with Crippen molar-refractivity contribution in [2.75, 3.05) is 6.54 Å². The Balaban J connectivity index is 1.81. The molecule has 0 N–H and O–H groups in total. The van der Waals surface area contributed by atoms with Gasteiger partial charge in [-0.2, -0.15) is 18.3 Å². The molecule has 0 spiro atoms. The molecule has 4 rings (SSSR count). The number of hydrogen-bond acceptors (Lipinski definition) is 3. The number of rotatable bonds is 3. The maximum atomic E-state index is 14.2. The summed E-state index contributed by atoms with van der Waals surface area (Å²) in [6.07, 6.45) is -3.11. The molecular formula is C21H17F5N4O. The summed E-state index contributed by atoms with van der Waals surface area (Å²) in [6.45, 7) is 1.93. The predicted octanol–water partition coefficient (Wildman–Crippen LogP) is 4.20. The summed E-state index contributed by atoms with van der Waals surface area (Å²) in [5.74, 6) is -1.63. The average molecular weight is 436 g/mol. The fourth-order valence-corrected chi connectivity index (χ4v) is 3.64. The number of benzene rings is 1. The van der Waals surface area contributed by atoms with Crippen molar-refractivity contribution < 1.29 is 26.7 Å². The average Bonchev–Trinajstić information content (AvgIpc) is 3.07. The van der Waals surface area contributed by atoms with E-state index in [2.05, 4.69) is 10.1 Å². The number of halogens is 5. The van der Waals surface area contributed by atoms with Gasteiger partial charge in [0.1, 0.15) is 17.3 Å². The summed E-state index contributed by atoms with van der Waals surface area (Å²) in [5.41, 5.74) is 0.768. The van der Waals surface area contributed by atoms with Gasteiger partial charge in [-0.15, -0.1) is 0 Å². The monoisotopic (exact) mass is 436 g/mol. The molecule has 0 fully saturated rings. The van der Waals surface area contributed by atoms with Crippen molar-refractivity contribution in [3.63, 3.8) is 0 Å². The van der Waals surface area contributed by atoms with E-state index >= 15 is 0 Å². The van der Waals surface area contributed by atoms with E-state index in [1.165, 1.54) is 17.7 Å². The Morgan fingerprint density at radius 3 is 2.61 bits per heavy atom. The third-order valence-electron chi connectivity index (χ3n) is 5.24. The predicted molar refractivity (Wildman–Crippen MR) is 101 cm³/mol. The molecule has 5 nitrogen and oxygen atoms in total. The number of hydrogen-bond donors (Lipinski definition) is 0. The largest absolute Gasteiger partial charge is 0.416 e. The Kier molecular flexibility index (Phi) is 5.24. The van der Waals surface area contributed by atoms with E-state index in [1.54, 1.807) is 4.90 Å². The standard InChI is InChI=1S/C21H17F5N4O/c1-12(31)29-7-5-19-16(11-29)20(18-8-14(4-6-27-18)21(24,25)26)28-30(19)10-13-2-3-15(22)9-17(13)23/h2-4,6,8-9H,5,7,10-11H2,1H3. The van der Waals surface area contributed by atoms with Gasteiger partial charge < -0.3 is 4.90 Å². The lowest BCUT2D eigenvalue weighted by Crippen LogP contribution is -2.34. The van der Waals surface area contributed by atoms with Crippen molar-refractivity contribution in [1.29, 1.82) is 0 Å². The second kappa shape index (κ2) is 7.75. The first-order valence-electron chi connectivity index (χ1n) is 9.45. The Morgan fingerprint density at radius 1 is 1.16 bits per heavy atom. The lowest BCUT2D eigenvalue weighted by atomic mass is 10.0. The van der Waals surface area contributed by atoms with Gasteiger partial charge in [0.05, 0.1) is 17.8 Å². The zero-order chi connectivity index (χ0) is 22.3. The molecule has 10 heteroatoms. The number of amides is 1.